The van der Waals surface area contributed by atoms with Crippen molar-refractivity contribution in [2.24, 2.45) is 18.0 Å². The zero-order chi connectivity index (χ0) is 22.4. The fourth-order valence-electron chi connectivity index (χ4n) is 4.21. The number of carbonyl (C=O) groups is 1. The fourth-order valence-corrected chi connectivity index (χ4v) is 4.21. The first kappa shape index (κ1) is 20.4. The van der Waals surface area contributed by atoms with Crippen LogP contribution >= 0.6 is 0 Å². The van der Waals surface area contributed by atoms with Gasteiger partial charge in [0, 0.05) is 31.5 Å². The third-order valence-electron chi connectivity index (χ3n) is 5.83. The SMILES string of the molecule is COc1c(Nc2cc(CC(=O)C3CC3)nc3c2N=C(C)C3)cccc1-c1nc(C)nn1C. The highest BCUT2D eigenvalue weighted by Gasteiger charge is 2.30. The molecule has 32 heavy (non-hydrogen) atoms. The van der Waals surface area contributed by atoms with Gasteiger partial charge in [-0.25, -0.2) is 9.67 Å². The lowest BCUT2D eigenvalue weighted by Gasteiger charge is -2.16. The van der Waals surface area contributed by atoms with Crippen molar-refractivity contribution < 1.29 is 9.53 Å². The van der Waals surface area contributed by atoms with Gasteiger partial charge >= 0.3 is 0 Å². The van der Waals surface area contributed by atoms with Crippen LogP contribution in [0.3, 0.4) is 0 Å². The van der Waals surface area contributed by atoms with Crippen molar-refractivity contribution in [3.63, 3.8) is 0 Å². The van der Waals surface area contributed by atoms with E-state index < -0.39 is 0 Å². The lowest BCUT2D eigenvalue weighted by atomic mass is 10.1. The first-order valence-electron chi connectivity index (χ1n) is 10.8. The molecule has 8 nitrogen and oxygen atoms in total. The number of methoxy groups -OCH3 is 1. The van der Waals surface area contributed by atoms with Crippen molar-refractivity contribution in [2.75, 3.05) is 12.4 Å². The number of fused-ring (bicyclic) bond motifs is 1. The van der Waals surface area contributed by atoms with E-state index >= 15 is 0 Å². The van der Waals surface area contributed by atoms with Crippen molar-refractivity contribution in [2.45, 2.75) is 39.5 Å². The summed E-state index contributed by atoms with van der Waals surface area (Å²) in [7, 11) is 3.51. The summed E-state index contributed by atoms with van der Waals surface area (Å²) in [5, 5.41) is 7.86. The van der Waals surface area contributed by atoms with Gasteiger partial charge in [-0.1, -0.05) is 6.07 Å². The van der Waals surface area contributed by atoms with Crippen molar-refractivity contribution in [1.29, 1.82) is 0 Å². The van der Waals surface area contributed by atoms with Gasteiger partial charge in [-0.15, -0.1) is 0 Å². The first-order chi connectivity index (χ1) is 15.4. The molecular formula is C24H26N6O2. The van der Waals surface area contributed by atoms with Crippen LogP contribution in [-0.2, 0) is 24.7 Å². The number of benzene rings is 1. The third kappa shape index (κ3) is 3.77. The van der Waals surface area contributed by atoms with Crippen molar-refractivity contribution in [1.82, 2.24) is 19.7 Å². The predicted octanol–water partition coefficient (Wildman–Crippen LogP) is 4.11. The Labute approximate surface area is 186 Å². The summed E-state index contributed by atoms with van der Waals surface area (Å²) in [6.45, 7) is 3.86. The minimum Gasteiger partial charge on any atom is -0.494 e. The average Bonchev–Trinajstić information content (AvgIpc) is 3.46. The Morgan fingerprint density at radius 2 is 2.03 bits per heavy atom. The molecule has 1 aliphatic carbocycles. The number of rotatable bonds is 7. The van der Waals surface area contributed by atoms with Crippen molar-refractivity contribution in [3.05, 3.63) is 41.5 Å². The number of para-hydroxylation sites is 1. The van der Waals surface area contributed by atoms with Crippen LogP contribution in [0.1, 0.15) is 37.0 Å². The highest BCUT2D eigenvalue weighted by Crippen LogP contribution is 2.41. The maximum Gasteiger partial charge on any atom is 0.161 e. The number of carbonyl (C=O) groups excluding carboxylic acids is 1. The van der Waals surface area contributed by atoms with E-state index in [4.69, 9.17) is 14.7 Å². The number of nitrogens with one attached hydrogen (secondary N) is 1. The van der Waals surface area contributed by atoms with Crippen LogP contribution in [0.15, 0.2) is 29.3 Å². The summed E-state index contributed by atoms with van der Waals surface area (Å²) in [4.78, 5) is 26.4. The second-order valence-corrected chi connectivity index (χ2v) is 8.52. The fraction of sp³-hybridized carbons (Fsp3) is 0.375. The second-order valence-electron chi connectivity index (χ2n) is 8.52. The summed E-state index contributed by atoms with van der Waals surface area (Å²) < 4.78 is 7.54. The summed E-state index contributed by atoms with van der Waals surface area (Å²) in [5.74, 6) is 2.59. The molecule has 1 aromatic carbocycles. The third-order valence-corrected chi connectivity index (χ3v) is 5.83. The molecule has 2 aliphatic rings. The number of ether oxygens (including phenoxy) is 1. The molecule has 0 saturated heterocycles. The molecule has 0 bridgehead atoms. The average molecular weight is 431 g/mol. The minimum absolute atomic E-state index is 0.214. The van der Waals surface area contributed by atoms with Gasteiger partial charge in [0.1, 0.15) is 17.3 Å². The van der Waals surface area contributed by atoms with E-state index in [9.17, 15) is 4.79 Å². The van der Waals surface area contributed by atoms with Crippen LogP contribution in [0.25, 0.3) is 11.4 Å². The molecule has 3 heterocycles. The van der Waals surface area contributed by atoms with Gasteiger partial charge in [0.05, 0.1) is 35.4 Å². The van der Waals surface area contributed by atoms with E-state index in [0.29, 0.717) is 24.4 Å². The maximum absolute atomic E-state index is 12.4. The maximum atomic E-state index is 12.4. The second kappa shape index (κ2) is 7.85. The van der Waals surface area contributed by atoms with Gasteiger partial charge in [0.15, 0.2) is 11.6 Å². The Morgan fingerprint density at radius 1 is 1.22 bits per heavy atom. The van der Waals surface area contributed by atoms with E-state index in [1.807, 2.05) is 45.2 Å². The Bertz CT molecular complexity index is 1260. The molecular weight excluding hydrogens is 404 g/mol. The van der Waals surface area contributed by atoms with Crippen molar-refractivity contribution >= 4 is 28.6 Å². The molecule has 5 rings (SSSR count). The summed E-state index contributed by atoms with van der Waals surface area (Å²) >= 11 is 0. The van der Waals surface area contributed by atoms with Crippen LogP contribution in [-0.4, -0.2) is 38.4 Å². The number of aliphatic imine (C=N–C) groups is 1. The van der Waals surface area contributed by atoms with Crippen LogP contribution in [0.5, 0.6) is 5.75 Å². The van der Waals surface area contributed by atoms with Crippen LogP contribution in [0.4, 0.5) is 17.1 Å². The zero-order valence-corrected chi connectivity index (χ0v) is 18.8. The largest absolute Gasteiger partial charge is 0.494 e. The normalized spacial score (nSPS) is 14.8. The predicted molar refractivity (Wildman–Crippen MR) is 123 cm³/mol. The molecule has 0 amide bonds. The molecule has 3 aromatic rings. The topological polar surface area (TPSA) is 94.3 Å². The first-order valence-corrected chi connectivity index (χ1v) is 10.8. The molecule has 1 saturated carbocycles. The Hall–Kier alpha value is -3.55. The Morgan fingerprint density at radius 3 is 2.72 bits per heavy atom. The molecule has 0 radical (unpaired) electrons. The summed E-state index contributed by atoms with van der Waals surface area (Å²) in [5.41, 5.74) is 5.99. The number of pyridine rings is 1. The molecule has 0 unspecified atom stereocenters. The summed E-state index contributed by atoms with van der Waals surface area (Å²) in [6.07, 6.45) is 3.07. The van der Waals surface area contributed by atoms with Gasteiger partial charge < -0.3 is 10.1 Å². The van der Waals surface area contributed by atoms with Gasteiger partial charge in [-0.05, 0) is 44.9 Å². The van der Waals surface area contributed by atoms with Crippen LogP contribution < -0.4 is 10.1 Å². The lowest BCUT2D eigenvalue weighted by molar-refractivity contribution is -0.119. The lowest BCUT2D eigenvalue weighted by Crippen LogP contribution is -2.08. The number of anilines is 2. The molecule has 8 heteroatoms. The van der Waals surface area contributed by atoms with E-state index in [2.05, 4.69) is 15.4 Å². The Kier molecular flexibility index (Phi) is 5.00. The standard InChI is InChI=1S/C24H26N6O2/c1-13-10-19-22(25-13)20(11-16(27-19)12-21(31)15-8-9-15)28-18-7-5-6-17(23(18)32-4)24-26-14(2)29-30(24)3/h5-7,11,15H,8-10,12H2,1-4H3,(H,27,28). The smallest absolute Gasteiger partial charge is 0.161 e. The number of hydrogen-bond donors (Lipinski definition) is 1. The number of Topliss-reactive ketones (excluding diaryl/α,β-unsaturated/α-hetero) is 1. The highest BCUT2D eigenvalue weighted by atomic mass is 16.5. The molecule has 1 aliphatic heterocycles. The molecule has 2 aromatic heterocycles. The summed E-state index contributed by atoms with van der Waals surface area (Å²) in [6, 6.07) is 7.82. The van der Waals surface area contributed by atoms with Gasteiger partial charge in [0.25, 0.3) is 0 Å². The van der Waals surface area contributed by atoms with Crippen LogP contribution in [0, 0.1) is 12.8 Å². The molecule has 0 spiro atoms. The van der Waals surface area contributed by atoms with Gasteiger partial charge in [-0.2, -0.15) is 5.10 Å². The number of ketones is 1. The van der Waals surface area contributed by atoms with E-state index in [1.54, 1.807) is 11.8 Å². The zero-order valence-electron chi connectivity index (χ0n) is 18.8. The number of aryl methyl sites for hydroxylation is 2. The van der Waals surface area contributed by atoms with Gasteiger partial charge in [0.2, 0.25) is 0 Å². The minimum atomic E-state index is 0.214. The molecule has 1 N–H and O–H groups in total. The molecule has 1 fully saturated rings. The highest BCUT2D eigenvalue weighted by molar-refractivity contribution is 5.96. The van der Waals surface area contributed by atoms with E-state index in [0.717, 1.165) is 58.4 Å². The number of hydrogen-bond acceptors (Lipinski definition) is 7. The van der Waals surface area contributed by atoms with E-state index in [-0.39, 0.29) is 11.7 Å². The number of nitrogens with zero attached hydrogens (tertiary/aromatic N) is 5. The number of aromatic nitrogens is 4. The Balaban J connectivity index is 1.55. The van der Waals surface area contributed by atoms with Gasteiger partial charge in [-0.3, -0.25) is 14.8 Å². The monoisotopic (exact) mass is 430 g/mol. The van der Waals surface area contributed by atoms with E-state index in [1.165, 1.54) is 0 Å². The molecule has 0 atom stereocenters. The quantitative estimate of drug-likeness (QED) is 0.606. The molecule has 164 valence electrons. The van der Waals surface area contributed by atoms with Crippen molar-refractivity contribution in [3.8, 4) is 17.1 Å². The van der Waals surface area contributed by atoms with Crippen LogP contribution in [0.2, 0.25) is 0 Å².